The molecule has 0 bridgehead atoms. The molecule has 1 fully saturated rings. The topological polar surface area (TPSA) is 82.7 Å². The Balaban J connectivity index is 1.63. The fraction of sp³-hybridized carbons (Fsp3) is 0.727. The highest BCUT2D eigenvalue weighted by Crippen LogP contribution is 2.13. The molecule has 2 unspecified atom stereocenters. The molecule has 1 saturated heterocycles. The van der Waals surface area contributed by atoms with Crippen LogP contribution in [0, 0.1) is 5.92 Å². The molecule has 1 amide bonds. The summed E-state index contributed by atoms with van der Waals surface area (Å²) in [6.07, 6.45) is 4.27. The number of carbonyl (C=O) groups is 1. The second kappa shape index (κ2) is 5.77. The Morgan fingerprint density at radius 2 is 2.53 bits per heavy atom. The maximum Gasteiger partial charge on any atom is 0.237 e. The van der Waals surface area contributed by atoms with E-state index >= 15 is 0 Å². The van der Waals surface area contributed by atoms with Crippen molar-refractivity contribution in [1.29, 1.82) is 0 Å². The van der Waals surface area contributed by atoms with Crippen molar-refractivity contribution in [2.24, 2.45) is 5.92 Å². The number of aromatic nitrogens is 3. The van der Waals surface area contributed by atoms with Gasteiger partial charge < -0.3 is 10.6 Å². The van der Waals surface area contributed by atoms with E-state index in [0.717, 1.165) is 31.6 Å². The number of nitrogens with zero attached hydrogens (tertiary/aromatic N) is 2. The minimum atomic E-state index is -0.0136. The summed E-state index contributed by atoms with van der Waals surface area (Å²) in [6.45, 7) is 3.74. The van der Waals surface area contributed by atoms with Crippen LogP contribution < -0.4 is 10.6 Å². The quantitative estimate of drug-likeness (QED) is 0.622. The summed E-state index contributed by atoms with van der Waals surface area (Å²) in [6, 6.07) is -0.0136. The minimum absolute atomic E-state index is 0.0136. The maximum absolute atomic E-state index is 11.8. The van der Waals surface area contributed by atoms with Gasteiger partial charge in [0.2, 0.25) is 5.91 Å². The van der Waals surface area contributed by atoms with Gasteiger partial charge in [0.15, 0.2) is 0 Å². The molecule has 1 aliphatic heterocycles. The lowest BCUT2D eigenvalue weighted by Crippen LogP contribution is -2.43. The van der Waals surface area contributed by atoms with Crippen LogP contribution in [-0.2, 0) is 11.2 Å². The third-order valence-corrected chi connectivity index (χ3v) is 3.17. The molecule has 2 rings (SSSR count). The first-order valence-electron chi connectivity index (χ1n) is 6.12. The van der Waals surface area contributed by atoms with Gasteiger partial charge in [-0.05, 0) is 25.3 Å². The van der Waals surface area contributed by atoms with Crippen molar-refractivity contribution in [3.63, 3.8) is 0 Å². The van der Waals surface area contributed by atoms with Crippen molar-refractivity contribution in [3.05, 3.63) is 12.2 Å². The number of aromatic amines is 1. The van der Waals surface area contributed by atoms with Crippen molar-refractivity contribution in [3.8, 4) is 0 Å². The molecule has 17 heavy (non-hydrogen) atoms. The SMILES string of the molecule is CC1CCNC1C(=O)NCCCc1ncn[nH]1. The lowest BCUT2D eigenvalue weighted by molar-refractivity contribution is -0.123. The Morgan fingerprint density at radius 1 is 1.65 bits per heavy atom. The van der Waals surface area contributed by atoms with Crippen LogP contribution in [0.4, 0.5) is 0 Å². The number of hydrogen-bond acceptors (Lipinski definition) is 4. The van der Waals surface area contributed by atoms with Gasteiger partial charge >= 0.3 is 0 Å². The molecule has 0 spiro atoms. The largest absolute Gasteiger partial charge is 0.355 e. The molecule has 2 atom stereocenters. The average Bonchev–Trinajstić information content (AvgIpc) is 2.95. The van der Waals surface area contributed by atoms with Crippen LogP contribution in [0.1, 0.15) is 25.6 Å². The van der Waals surface area contributed by atoms with E-state index < -0.39 is 0 Å². The second-order valence-electron chi connectivity index (χ2n) is 4.52. The maximum atomic E-state index is 11.8. The van der Waals surface area contributed by atoms with Gasteiger partial charge in [-0.2, -0.15) is 5.10 Å². The van der Waals surface area contributed by atoms with Crippen LogP contribution in [0.15, 0.2) is 6.33 Å². The third kappa shape index (κ3) is 3.26. The molecule has 6 nitrogen and oxygen atoms in total. The van der Waals surface area contributed by atoms with Crippen LogP contribution >= 0.6 is 0 Å². The Labute approximate surface area is 101 Å². The number of aryl methyl sites for hydroxylation is 1. The molecule has 0 aromatic carbocycles. The van der Waals surface area contributed by atoms with Gasteiger partial charge in [-0.15, -0.1) is 0 Å². The molecule has 0 radical (unpaired) electrons. The molecule has 1 aromatic heterocycles. The van der Waals surface area contributed by atoms with Crippen LogP contribution in [0.5, 0.6) is 0 Å². The molecule has 94 valence electrons. The van der Waals surface area contributed by atoms with Gasteiger partial charge in [0.05, 0.1) is 6.04 Å². The molecular weight excluding hydrogens is 218 g/mol. The standard InChI is InChI=1S/C11H19N5O/c1-8-4-6-12-10(8)11(17)13-5-2-3-9-14-7-15-16-9/h7-8,10,12H,2-6H2,1H3,(H,13,17)(H,14,15,16). The van der Waals surface area contributed by atoms with E-state index in [-0.39, 0.29) is 11.9 Å². The molecular formula is C11H19N5O. The summed E-state index contributed by atoms with van der Waals surface area (Å²) in [5, 5.41) is 12.8. The molecule has 1 aliphatic rings. The fourth-order valence-electron chi connectivity index (χ4n) is 2.11. The van der Waals surface area contributed by atoms with Crippen LogP contribution in [0.25, 0.3) is 0 Å². The van der Waals surface area contributed by atoms with Crippen LogP contribution in [0.3, 0.4) is 0 Å². The van der Waals surface area contributed by atoms with Crippen molar-refractivity contribution in [1.82, 2.24) is 25.8 Å². The third-order valence-electron chi connectivity index (χ3n) is 3.17. The number of carbonyl (C=O) groups excluding carboxylic acids is 1. The Bertz CT molecular complexity index is 351. The summed E-state index contributed by atoms with van der Waals surface area (Å²) in [5.41, 5.74) is 0. The summed E-state index contributed by atoms with van der Waals surface area (Å²) < 4.78 is 0. The van der Waals surface area contributed by atoms with Gasteiger partial charge in [0.1, 0.15) is 12.2 Å². The Hall–Kier alpha value is -1.43. The van der Waals surface area contributed by atoms with Gasteiger partial charge in [0, 0.05) is 13.0 Å². The first-order chi connectivity index (χ1) is 8.27. The van der Waals surface area contributed by atoms with Crippen LogP contribution in [-0.4, -0.2) is 40.2 Å². The van der Waals surface area contributed by atoms with E-state index in [0.29, 0.717) is 12.5 Å². The smallest absolute Gasteiger partial charge is 0.237 e. The first-order valence-corrected chi connectivity index (χ1v) is 6.12. The van der Waals surface area contributed by atoms with Crippen LogP contribution in [0.2, 0.25) is 0 Å². The second-order valence-corrected chi connectivity index (χ2v) is 4.52. The highest BCUT2D eigenvalue weighted by Gasteiger charge is 2.28. The van der Waals surface area contributed by atoms with Crippen molar-refractivity contribution >= 4 is 5.91 Å². The monoisotopic (exact) mass is 237 g/mol. The predicted molar refractivity (Wildman–Crippen MR) is 63.3 cm³/mol. The van der Waals surface area contributed by atoms with E-state index in [4.69, 9.17) is 0 Å². The zero-order valence-corrected chi connectivity index (χ0v) is 10.1. The highest BCUT2D eigenvalue weighted by molar-refractivity contribution is 5.82. The summed E-state index contributed by atoms with van der Waals surface area (Å²) >= 11 is 0. The van der Waals surface area contributed by atoms with E-state index in [1.54, 1.807) is 0 Å². The normalized spacial score (nSPS) is 23.8. The van der Waals surface area contributed by atoms with E-state index in [9.17, 15) is 4.79 Å². The molecule has 0 aliphatic carbocycles. The minimum Gasteiger partial charge on any atom is -0.355 e. The lowest BCUT2D eigenvalue weighted by atomic mass is 10.0. The molecule has 0 saturated carbocycles. The lowest BCUT2D eigenvalue weighted by Gasteiger charge is -2.15. The van der Waals surface area contributed by atoms with Gasteiger partial charge in [0.25, 0.3) is 0 Å². The zero-order chi connectivity index (χ0) is 12.1. The summed E-state index contributed by atoms with van der Waals surface area (Å²) in [7, 11) is 0. The average molecular weight is 237 g/mol. The summed E-state index contributed by atoms with van der Waals surface area (Å²) in [5.74, 6) is 1.42. The van der Waals surface area contributed by atoms with Gasteiger partial charge in [-0.25, -0.2) is 4.98 Å². The fourth-order valence-corrected chi connectivity index (χ4v) is 2.11. The first kappa shape index (κ1) is 12.0. The number of nitrogens with one attached hydrogen (secondary N) is 3. The van der Waals surface area contributed by atoms with Crippen molar-refractivity contribution in [2.75, 3.05) is 13.1 Å². The number of hydrogen-bond donors (Lipinski definition) is 3. The number of H-pyrrole nitrogens is 1. The van der Waals surface area contributed by atoms with Crippen molar-refractivity contribution in [2.45, 2.75) is 32.2 Å². The molecule has 1 aromatic rings. The van der Waals surface area contributed by atoms with E-state index in [1.807, 2.05) is 0 Å². The van der Waals surface area contributed by atoms with Gasteiger partial charge in [-0.3, -0.25) is 9.89 Å². The van der Waals surface area contributed by atoms with Crippen molar-refractivity contribution < 1.29 is 4.79 Å². The Kier molecular flexibility index (Phi) is 4.08. The predicted octanol–water partition coefficient (Wildman–Crippen LogP) is -0.148. The summed E-state index contributed by atoms with van der Waals surface area (Å²) in [4.78, 5) is 15.8. The number of amides is 1. The Morgan fingerprint density at radius 3 is 3.18 bits per heavy atom. The van der Waals surface area contributed by atoms with E-state index in [1.165, 1.54) is 6.33 Å². The molecule has 2 heterocycles. The van der Waals surface area contributed by atoms with E-state index in [2.05, 4.69) is 32.7 Å². The zero-order valence-electron chi connectivity index (χ0n) is 10.1. The highest BCUT2D eigenvalue weighted by atomic mass is 16.2. The number of rotatable bonds is 5. The molecule has 3 N–H and O–H groups in total. The molecule has 6 heteroatoms. The van der Waals surface area contributed by atoms with Gasteiger partial charge in [-0.1, -0.05) is 6.92 Å².